The van der Waals surface area contributed by atoms with Crippen molar-refractivity contribution in [2.24, 2.45) is 0 Å². The van der Waals surface area contributed by atoms with E-state index >= 15 is 0 Å². The first-order valence-electron chi connectivity index (χ1n) is 8.54. The van der Waals surface area contributed by atoms with Crippen LogP contribution in [0.15, 0.2) is 42.7 Å². The summed E-state index contributed by atoms with van der Waals surface area (Å²) in [6, 6.07) is 12.0. The largest absolute Gasteiger partial charge is 0.490 e. The average molecular weight is 335 g/mol. The number of fused-ring (bicyclic) bond motifs is 1. The van der Waals surface area contributed by atoms with E-state index in [2.05, 4.69) is 38.9 Å². The Morgan fingerprint density at radius 3 is 2.56 bits per heavy atom. The lowest BCUT2D eigenvalue weighted by Gasteiger charge is -2.33. The molecule has 2 N–H and O–H groups in total. The zero-order valence-electron chi connectivity index (χ0n) is 14.2. The Labute approximate surface area is 146 Å². The summed E-state index contributed by atoms with van der Waals surface area (Å²) >= 11 is 0. The molecule has 6 heteroatoms. The van der Waals surface area contributed by atoms with Crippen molar-refractivity contribution >= 4 is 22.7 Å². The topological polar surface area (TPSA) is 77.2 Å². The molecule has 0 spiro atoms. The number of piperidine rings is 1. The zero-order chi connectivity index (χ0) is 17.2. The molecule has 0 bridgehead atoms. The minimum Gasteiger partial charge on any atom is -0.490 e. The van der Waals surface area contributed by atoms with Gasteiger partial charge in [-0.25, -0.2) is 15.0 Å². The Hall–Kier alpha value is -2.89. The highest BCUT2D eigenvalue weighted by Crippen LogP contribution is 2.27. The Bertz CT molecular complexity index is 873. The number of rotatable bonds is 3. The number of aromatic nitrogens is 3. The molecular formula is C19H21N5O. The lowest BCUT2D eigenvalue weighted by atomic mass is 10.1. The van der Waals surface area contributed by atoms with E-state index in [4.69, 9.17) is 10.5 Å². The Balaban J connectivity index is 1.46. The van der Waals surface area contributed by atoms with Crippen LogP contribution in [0.3, 0.4) is 0 Å². The molecule has 1 fully saturated rings. The molecule has 0 atom stereocenters. The highest BCUT2D eigenvalue weighted by atomic mass is 16.5. The first-order valence-corrected chi connectivity index (χ1v) is 8.54. The molecule has 6 nitrogen and oxygen atoms in total. The minimum absolute atomic E-state index is 0.237. The number of nitrogens with zero attached hydrogens (tertiary/aromatic N) is 4. The van der Waals surface area contributed by atoms with Crippen molar-refractivity contribution in [1.29, 1.82) is 0 Å². The lowest BCUT2D eigenvalue weighted by molar-refractivity contribution is 0.171. The molecule has 0 aliphatic carbocycles. The highest BCUT2D eigenvalue weighted by molar-refractivity contribution is 5.87. The van der Waals surface area contributed by atoms with Gasteiger partial charge in [-0.1, -0.05) is 17.7 Å². The van der Waals surface area contributed by atoms with Crippen LogP contribution in [0.5, 0.6) is 5.75 Å². The third-order valence-corrected chi connectivity index (χ3v) is 4.56. The van der Waals surface area contributed by atoms with Crippen molar-refractivity contribution in [2.75, 3.05) is 23.7 Å². The van der Waals surface area contributed by atoms with E-state index in [-0.39, 0.29) is 6.10 Å². The number of anilines is 2. The first-order chi connectivity index (χ1) is 12.2. The SMILES string of the molecule is Cc1ccc(OC2CCN(c3ncnc4nc(N)ccc34)CC2)cc1. The summed E-state index contributed by atoms with van der Waals surface area (Å²) in [5.41, 5.74) is 7.64. The fraction of sp³-hybridized carbons (Fsp3) is 0.316. The van der Waals surface area contributed by atoms with E-state index in [0.717, 1.165) is 42.9 Å². The van der Waals surface area contributed by atoms with E-state index in [9.17, 15) is 0 Å². The van der Waals surface area contributed by atoms with Crippen LogP contribution >= 0.6 is 0 Å². The molecule has 3 heterocycles. The van der Waals surface area contributed by atoms with E-state index in [1.807, 2.05) is 18.2 Å². The van der Waals surface area contributed by atoms with Crippen LogP contribution in [0.25, 0.3) is 11.0 Å². The van der Waals surface area contributed by atoms with E-state index in [1.165, 1.54) is 5.56 Å². The van der Waals surface area contributed by atoms with Crippen LogP contribution in [0.1, 0.15) is 18.4 Å². The molecule has 3 aromatic rings. The summed E-state index contributed by atoms with van der Waals surface area (Å²) < 4.78 is 6.11. The van der Waals surface area contributed by atoms with Crippen LogP contribution < -0.4 is 15.4 Å². The molecule has 25 heavy (non-hydrogen) atoms. The molecule has 0 saturated carbocycles. The number of hydrogen-bond donors (Lipinski definition) is 1. The molecule has 0 radical (unpaired) electrons. The van der Waals surface area contributed by atoms with Gasteiger partial charge in [0.25, 0.3) is 0 Å². The van der Waals surface area contributed by atoms with Gasteiger partial charge in [0, 0.05) is 25.9 Å². The van der Waals surface area contributed by atoms with Gasteiger partial charge in [-0.3, -0.25) is 0 Å². The van der Waals surface area contributed by atoms with Crippen LogP contribution in [0.2, 0.25) is 0 Å². The summed E-state index contributed by atoms with van der Waals surface area (Å²) in [5, 5.41) is 0.939. The number of hydrogen-bond acceptors (Lipinski definition) is 6. The normalized spacial score (nSPS) is 15.5. The number of nitrogen functional groups attached to an aromatic ring is 1. The average Bonchev–Trinajstić information content (AvgIpc) is 2.63. The van der Waals surface area contributed by atoms with Crippen LogP contribution in [-0.4, -0.2) is 34.1 Å². The smallest absolute Gasteiger partial charge is 0.166 e. The minimum atomic E-state index is 0.237. The maximum absolute atomic E-state index is 6.11. The molecule has 128 valence electrons. The quantitative estimate of drug-likeness (QED) is 0.793. The van der Waals surface area contributed by atoms with Crippen molar-refractivity contribution in [3.8, 4) is 5.75 Å². The Kier molecular flexibility index (Phi) is 4.09. The summed E-state index contributed by atoms with van der Waals surface area (Å²) in [7, 11) is 0. The lowest BCUT2D eigenvalue weighted by Crippen LogP contribution is -2.38. The fourth-order valence-electron chi connectivity index (χ4n) is 3.19. The van der Waals surface area contributed by atoms with Gasteiger partial charge in [-0.05, 0) is 31.2 Å². The van der Waals surface area contributed by atoms with Crippen molar-refractivity contribution in [1.82, 2.24) is 15.0 Å². The van der Waals surface area contributed by atoms with Gasteiger partial charge in [0.1, 0.15) is 29.8 Å². The first kappa shape index (κ1) is 15.6. The summed E-state index contributed by atoms with van der Waals surface area (Å²) in [5.74, 6) is 2.34. The van der Waals surface area contributed by atoms with Gasteiger partial charge in [0.05, 0.1) is 5.39 Å². The zero-order valence-corrected chi connectivity index (χ0v) is 14.2. The molecule has 2 aromatic heterocycles. The number of ether oxygens (including phenoxy) is 1. The highest BCUT2D eigenvalue weighted by Gasteiger charge is 2.23. The van der Waals surface area contributed by atoms with Crippen molar-refractivity contribution in [3.05, 3.63) is 48.3 Å². The van der Waals surface area contributed by atoms with Gasteiger partial charge < -0.3 is 15.4 Å². The monoisotopic (exact) mass is 335 g/mol. The number of nitrogens with two attached hydrogens (primary N) is 1. The molecule has 1 saturated heterocycles. The number of benzene rings is 1. The van der Waals surface area contributed by atoms with Gasteiger partial charge in [-0.15, -0.1) is 0 Å². The van der Waals surface area contributed by atoms with Gasteiger partial charge >= 0.3 is 0 Å². The molecular weight excluding hydrogens is 314 g/mol. The second-order valence-corrected chi connectivity index (χ2v) is 6.42. The standard InChI is InChI=1S/C19H21N5O/c1-13-2-4-14(5-3-13)25-15-8-10-24(11-9-15)19-16-6-7-17(20)23-18(16)21-12-22-19/h2-7,12,15H,8-11H2,1H3,(H2,20,21,22,23). The predicted octanol–water partition coefficient (Wildman–Crippen LogP) is 2.96. The van der Waals surface area contributed by atoms with Crippen LogP contribution in [-0.2, 0) is 0 Å². The van der Waals surface area contributed by atoms with Gasteiger partial charge in [-0.2, -0.15) is 0 Å². The second-order valence-electron chi connectivity index (χ2n) is 6.42. The maximum Gasteiger partial charge on any atom is 0.166 e. The summed E-state index contributed by atoms with van der Waals surface area (Å²) in [6.45, 7) is 3.87. The molecule has 0 unspecified atom stereocenters. The maximum atomic E-state index is 6.11. The fourth-order valence-corrected chi connectivity index (χ4v) is 3.19. The Morgan fingerprint density at radius 2 is 1.80 bits per heavy atom. The third-order valence-electron chi connectivity index (χ3n) is 4.56. The molecule has 0 amide bonds. The molecule has 1 aromatic carbocycles. The predicted molar refractivity (Wildman–Crippen MR) is 98.8 cm³/mol. The van der Waals surface area contributed by atoms with Crippen molar-refractivity contribution in [3.63, 3.8) is 0 Å². The van der Waals surface area contributed by atoms with Gasteiger partial charge in [0.15, 0.2) is 5.65 Å². The van der Waals surface area contributed by atoms with Gasteiger partial charge in [0.2, 0.25) is 0 Å². The van der Waals surface area contributed by atoms with Crippen LogP contribution in [0, 0.1) is 6.92 Å². The molecule has 1 aliphatic heterocycles. The second kappa shape index (κ2) is 6.55. The number of aryl methyl sites for hydroxylation is 1. The number of pyridine rings is 1. The van der Waals surface area contributed by atoms with Crippen molar-refractivity contribution in [2.45, 2.75) is 25.9 Å². The van der Waals surface area contributed by atoms with E-state index in [1.54, 1.807) is 12.4 Å². The summed E-state index contributed by atoms with van der Waals surface area (Å²) in [4.78, 5) is 15.3. The third kappa shape index (κ3) is 3.33. The van der Waals surface area contributed by atoms with E-state index in [0.29, 0.717) is 11.5 Å². The van der Waals surface area contributed by atoms with Crippen LogP contribution in [0.4, 0.5) is 11.6 Å². The molecule has 1 aliphatic rings. The van der Waals surface area contributed by atoms with Crippen molar-refractivity contribution < 1.29 is 4.74 Å². The van der Waals surface area contributed by atoms with E-state index < -0.39 is 0 Å². The Morgan fingerprint density at radius 1 is 1.04 bits per heavy atom. The summed E-state index contributed by atoms with van der Waals surface area (Å²) in [6.07, 6.45) is 3.71. The molecule has 4 rings (SSSR count).